The first-order valence-electron chi connectivity index (χ1n) is 5.61. The van der Waals surface area contributed by atoms with Crippen molar-refractivity contribution in [3.63, 3.8) is 0 Å². The van der Waals surface area contributed by atoms with Gasteiger partial charge < -0.3 is 11.1 Å². The van der Waals surface area contributed by atoms with Crippen LogP contribution in [0.2, 0.25) is 0 Å². The normalized spacial score (nSPS) is 13.5. The van der Waals surface area contributed by atoms with E-state index in [4.69, 9.17) is 5.73 Å². The van der Waals surface area contributed by atoms with Gasteiger partial charge in [0.05, 0.1) is 16.3 Å². The smallest absolute Gasteiger partial charge is 0.242 e. The van der Waals surface area contributed by atoms with Crippen LogP contribution in [0.25, 0.3) is 0 Å². The predicted molar refractivity (Wildman–Crippen MR) is 79.2 cm³/mol. The van der Waals surface area contributed by atoms with Crippen molar-refractivity contribution in [2.45, 2.75) is 4.90 Å². The summed E-state index contributed by atoms with van der Waals surface area (Å²) in [4.78, 5) is 0.173. The Morgan fingerprint density at radius 2 is 2.00 bits per heavy atom. The Balaban J connectivity index is 2.98. The maximum absolute atomic E-state index is 12.0. The first-order valence-corrected chi connectivity index (χ1v) is 8.78. The molecule has 0 amide bonds. The van der Waals surface area contributed by atoms with Gasteiger partial charge in [-0.15, -0.1) is 0 Å². The second-order valence-electron chi connectivity index (χ2n) is 4.24. The fourth-order valence-electron chi connectivity index (χ4n) is 1.39. The van der Waals surface area contributed by atoms with E-state index in [-0.39, 0.29) is 4.90 Å². The summed E-state index contributed by atoms with van der Waals surface area (Å²) in [7, 11) is -1.44. The molecule has 0 aliphatic carbocycles. The Morgan fingerprint density at radius 1 is 1.37 bits per heavy atom. The zero-order valence-corrected chi connectivity index (χ0v) is 12.8. The summed E-state index contributed by atoms with van der Waals surface area (Å²) in [5.41, 5.74) is 6.77. The fourth-order valence-corrected chi connectivity index (χ4v) is 2.71. The summed E-state index contributed by atoms with van der Waals surface area (Å²) >= 11 is 0. The van der Waals surface area contributed by atoms with Crippen LogP contribution >= 0.6 is 0 Å². The van der Waals surface area contributed by atoms with Gasteiger partial charge in [0.15, 0.2) is 0 Å². The van der Waals surface area contributed by atoms with Crippen molar-refractivity contribution in [1.82, 2.24) is 4.31 Å². The van der Waals surface area contributed by atoms with Crippen LogP contribution in [0.5, 0.6) is 0 Å². The SMILES string of the molecule is CN(C)S(=O)(=O)c1ccc(N)c(NCCS(C)=O)c1. The zero-order valence-electron chi connectivity index (χ0n) is 11.2. The molecule has 1 unspecified atom stereocenters. The lowest BCUT2D eigenvalue weighted by Crippen LogP contribution is -2.22. The molecule has 19 heavy (non-hydrogen) atoms. The molecule has 0 aliphatic heterocycles. The number of rotatable bonds is 6. The Bertz CT molecular complexity index is 571. The Morgan fingerprint density at radius 3 is 2.53 bits per heavy atom. The van der Waals surface area contributed by atoms with Gasteiger partial charge in [0.1, 0.15) is 0 Å². The number of sulfonamides is 1. The van der Waals surface area contributed by atoms with Crippen molar-refractivity contribution < 1.29 is 12.6 Å². The van der Waals surface area contributed by atoms with Gasteiger partial charge in [-0.25, -0.2) is 12.7 Å². The van der Waals surface area contributed by atoms with E-state index in [9.17, 15) is 12.6 Å². The van der Waals surface area contributed by atoms with E-state index in [0.717, 1.165) is 4.31 Å². The van der Waals surface area contributed by atoms with Crippen LogP contribution < -0.4 is 11.1 Å². The van der Waals surface area contributed by atoms with Crippen LogP contribution in [-0.4, -0.2) is 49.6 Å². The Hall–Kier alpha value is -1.12. The molecule has 1 aromatic carbocycles. The van der Waals surface area contributed by atoms with E-state index in [0.29, 0.717) is 23.7 Å². The molecule has 0 fully saturated rings. The summed E-state index contributed by atoms with van der Waals surface area (Å²) in [5, 5.41) is 2.99. The quantitative estimate of drug-likeness (QED) is 0.738. The molecule has 0 spiro atoms. The van der Waals surface area contributed by atoms with Gasteiger partial charge in [0, 0.05) is 43.4 Å². The molecule has 0 heterocycles. The van der Waals surface area contributed by atoms with Crippen LogP contribution in [0, 0.1) is 0 Å². The molecule has 0 bridgehead atoms. The second kappa shape index (κ2) is 6.36. The number of benzene rings is 1. The highest BCUT2D eigenvalue weighted by Gasteiger charge is 2.18. The minimum atomic E-state index is -3.48. The maximum Gasteiger partial charge on any atom is 0.242 e. The highest BCUT2D eigenvalue weighted by molar-refractivity contribution is 7.89. The molecule has 8 heteroatoms. The lowest BCUT2D eigenvalue weighted by Gasteiger charge is -2.14. The van der Waals surface area contributed by atoms with E-state index >= 15 is 0 Å². The van der Waals surface area contributed by atoms with Crippen molar-refractivity contribution in [2.24, 2.45) is 0 Å². The molecular weight excluding hydrogens is 286 g/mol. The molecule has 1 rings (SSSR count). The Kier molecular flexibility index (Phi) is 5.33. The number of hydrogen-bond acceptors (Lipinski definition) is 5. The second-order valence-corrected chi connectivity index (χ2v) is 7.95. The molecule has 6 nitrogen and oxygen atoms in total. The largest absolute Gasteiger partial charge is 0.397 e. The third kappa shape index (κ3) is 4.19. The average molecular weight is 305 g/mol. The summed E-state index contributed by atoms with van der Waals surface area (Å²) < 4.78 is 36.1. The number of anilines is 2. The summed E-state index contributed by atoms with van der Waals surface area (Å²) in [5.74, 6) is 0.476. The average Bonchev–Trinajstić information content (AvgIpc) is 2.30. The van der Waals surface area contributed by atoms with Crippen LogP contribution in [0.3, 0.4) is 0 Å². The summed E-state index contributed by atoms with van der Waals surface area (Å²) in [6, 6.07) is 4.50. The first kappa shape index (κ1) is 15.9. The highest BCUT2D eigenvalue weighted by Crippen LogP contribution is 2.24. The monoisotopic (exact) mass is 305 g/mol. The Labute approximate surface area is 116 Å². The molecule has 0 saturated carbocycles. The van der Waals surface area contributed by atoms with Crippen molar-refractivity contribution in [1.29, 1.82) is 0 Å². The van der Waals surface area contributed by atoms with E-state index in [1.54, 1.807) is 12.3 Å². The third-order valence-electron chi connectivity index (χ3n) is 2.51. The zero-order chi connectivity index (χ0) is 14.6. The molecule has 1 atom stereocenters. The van der Waals surface area contributed by atoms with Gasteiger partial charge in [-0.1, -0.05) is 0 Å². The van der Waals surface area contributed by atoms with Crippen molar-refractivity contribution in [3.8, 4) is 0 Å². The van der Waals surface area contributed by atoms with E-state index in [2.05, 4.69) is 5.32 Å². The molecule has 0 aliphatic rings. The molecule has 3 N–H and O–H groups in total. The third-order valence-corrected chi connectivity index (χ3v) is 5.10. The van der Waals surface area contributed by atoms with Gasteiger partial charge in [0.25, 0.3) is 0 Å². The van der Waals surface area contributed by atoms with Crippen molar-refractivity contribution in [3.05, 3.63) is 18.2 Å². The first-order chi connectivity index (χ1) is 8.75. The van der Waals surface area contributed by atoms with Crippen molar-refractivity contribution in [2.75, 3.05) is 43.7 Å². The molecule has 0 saturated heterocycles. The predicted octanol–water partition coefficient (Wildman–Crippen LogP) is 0.310. The number of nitrogens with zero attached hydrogens (tertiary/aromatic N) is 1. The lowest BCUT2D eigenvalue weighted by atomic mass is 10.2. The number of hydrogen-bond donors (Lipinski definition) is 2. The fraction of sp³-hybridized carbons (Fsp3) is 0.455. The van der Waals surface area contributed by atoms with Gasteiger partial charge >= 0.3 is 0 Å². The number of nitrogen functional groups attached to an aromatic ring is 1. The van der Waals surface area contributed by atoms with Crippen LogP contribution in [-0.2, 0) is 20.8 Å². The standard InChI is InChI=1S/C11H19N3O3S2/c1-14(2)19(16,17)9-4-5-10(12)11(8-9)13-6-7-18(3)15/h4-5,8,13H,6-7,12H2,1-3H3. The van der Waals surface area contributed by atoms with Crippen molar-refractivity contribution >= 4 is 32.2 Å². The van der Waals surface area contributed by atoms with E-state index in [1.807, 2.05) is 0 Å². The van der Waals surface area contributed by atoms with E-state index in [1.165, 1.54) is 26.2 Å². The summed E-state index contributed by atoms with van der Waals surface area (Å²) in [6.45, 7) is 0.471. The maximum atomic E-state index is 12.0. The van der Waals surface area contributed by atoms with Gasteiger partial charge in [-0.2, -0.15) is 0 Å². The molecule has 0 radical (unpaired) electrons. The number of nitrogens with two attached hydrogens (primary N) is 1. The lowest BCUT2D eigenvalue weighted by molar-refractivity contribution is 0.521. The topological polar surface area (TPSA) is 92.5 Å². The minimum Gasteiger partial charge on any atom is -0.397 e. The van der Waals surface area contributed by atoms with Gasteiger partial charge in [-0.05, 0) is 18.2 Å². The number of nitrogens with one attached hydrogen (secondary N) is 1. The van der Waals surface area contributed by atoms with Crippen LogP contribution in [0.4, 0.5) is 11.4 Å². The van der Waals surface area contributed by atoms with Gasteiger partial charge in [0.2, 0.25) is 10.0 Å². The minimum absolute atomic E-state index is 0.173. The molecular formula is C11H19N3O3S2. The van der Waals surface area contributed by atoms with Gasteiger partial charge in [-0.3, -0.25) is 4.21 Å². The molecule has 0 aromatic heterocycles. The van der Waals surface area contributed by atoms with Crippen LogP contribution in [0.1, 0.15) is 0 Å². The molecule has 1 aromatic rings. The van der Waals surface area contributed by atoms with Crippen LogP contribution in [0.15, 0.2) is 23.1 Å². The summed E-state index contributed by atoms with van der Waals surface area (Å²) in [6.07, 6.45) is 1.61. The highest BCUT2D eigenvalue weighted by atomic mass is 32.2. The molecule has 108 valence electrons. The van der Waals surface area contributed by atoms with E-state index < -0.39 is 20.8 Å².